The average molecular weight is 438 g/mol. The van der Waals surface area contributed by atoms with E-state index in [2.05, 4.69) is 16.0 Å². The number of ether oxygens (including phenoxy) is 1. The molecular weight excluding hydrogens is 414 g/mol. The fourth-order valence-corrected chi connectivity index (χ4v) is 4.45. The van der Waals surface area contributed by atoms with Crippen molar-refractivity contribution in [2.45, 2.75) is 32.7 Å². The number of rotatable bonds is 4. The van der Waals surface area contributed by atoms with E-state index >= 15 is 0 Å². The van der Waals surface area contributed by atoms with Crippen LogP contribution in [0.4, 0.5) is 0 Å². The molecule has 1 aliphatic rings. The maximum absolute atomic E-state index is 12.3. The zero-order valence-electron chi connectivity index (χ0n) is 18.5. The van der Waals surface area contributed by atoms with E-state index in [1.54, 1.807) is 25.3 Å². The number of amides is 1. The van der Waals surface area contributed by atoms with Gasteiger partial charge in [-0.3, -0.25) is 9.78 Å². The van der Waals surface area contributed by atoms with Gasteiger partial charge in [-0.15, -0.1) is 0 Å². The smallest absolute Gasteiger partial charge is 0.219 e. The van der Waals surface area contributed by atoms with Crippen LogP contribution in [0, 0.1) is 18.3 Å². The third-order valence-corrected chi connectivity index (χ3v) is 6.08. The molecule has 4 aromatic rings. The molecule has 2 aromatic heterocycles. The number of aromatic amines is 1. The number of carbonyl (C=O) groups excluding carboxylic acids is 1. The molecule has 33 heavy (non-hydrogen) atoms. The number of aryl methyl sites for hydroxylation is 1. The topological polar surface area (TPSA) is 94.9 Å². The molecule has 2 aromatic carbocycles. The van der Waals surface area contributed by atoms with Crippen molar-refractivity contribution in [1.29, 1.82) is 5.26 Å². The Morgan fingerprint density at radius 2 is 2.12 bits per heavy atom. The Labute approximate surface area is 191 Å². The number of nitriles is 1. The molecule has 5 rings (SSSR count). The summed E-state index contributed by atoms with van der Waals surface area (Å²) >= 11 is 0. The highest BCUT2D eigenvalue weighted by atomic mass is 16.5. The van der Waals surface area contributed by atoms with Crippen molar-refractivity contribution in [3.05, 3.63) is 71.4 Å². The summed E-state index contributed by atoms with van der Waals surface area (Å²) in [5, 5.41) is 9.24. The number of pyridine rings is 1. The van der Waals surface area contributed by atoms with Gasteiger partial charge in [-0.05, 0) is 61.7 Å². The molecule has 7 heteroatoms. The first-order valence-corrected chi connectivity index (χ1v) is 10.9. The molecular formula is C26H23N5O2. The molecule has 0 bridgehead atoms. The predicted octanol–water partition coefficient (Wildman–Crippen LogP) is 5.28. The molecule has 3 heterocycles. The lowest BCUT2D eigenvalue weighted by atomic mass is 10.0. The first-order chi connectivity index (χ1) is 16.0. The van der Waals surface area contributed by atoms with Gasteiger partial charge >= 0.3 is 0 Å². The predicted molar refractivity (Wildman–Crippen MR) is 125 cm³/mol. The van der Waals surface area contributed by atoms with E-state index in [1.165, 1.54) is 0 Å². The van der Waals surface area contributed by atoms with Crippen LogP contribution in [0.5, 0.6) is 11.5 Å². The quantitative estimate of drug-likeness (QED) is 0.469. The van der Waals surface area contributed by atoms with Crippen LogP contribution in [-0.4, -0.2) is 32.3 Å². The van der Waals surface area contributed by atoms with E-state index in [9.17, 15) is 10.1 Å². The molecule has 1 saturated heterocycles. The minimum absolute atomic E-state index is 0.0524. The highest BCUT2D eigenvalue weighted by molar-refractivity contribution is 5.82. The maximum Gasteiger partial charge on any atom is 0.219 e. The Morgan fingerprint density at radius 3 is 2.85 bits per heavy atom. The Morgan fingerprint density at radius 1 is 1.24 bits per heavy atom. The molecule has 7 nitrogen and oxygen atoms in total. The number of carbonyl (C=O) groups is 1. The minimum Gasteiger partial charge on any atom is -0.457 e. The van der Waals surface area contributed by atoms with Crippen molar-refractivity contribution in [2.24, 2.45) is 0 Å². The van der Waals surface area contributed by atoms with Gasteiger partial charge in [0.1, 0.15) is 17.2 Å². The van der Waals surface area contributed by atoms with Gasteiger partial charge in [-0.2, -0.15) is 5.26 Å². The van der Waals surface area contributed by atoms with Gasteiger partial charge in [-0.1, -0.05) is 6.07 Å². The van der Waals surface area contributed by atoms with Crippen LogP contribution in [0.1, 0.15) is 42.5 Å². The van der Waals surface area contributed by atoms with Gasteiger partial charge in [0.25, 0.3) is 0 Å². The van der Waals surface area contributed by atoms with Crippen LogP contribution in [-0.2, 0) is 4.79 Å². The van der Waals surface area contributed by atoms with Gasteiger partial charge in [0.05, 0.1) is 28.7 Å². The zero-order valence-corrected chi connectivity index (χ0v) is 18.5. The first-order valence-electron chi connectivity index (χ1n) is 10.9. The molecule has 1 aliphatic heterocycles. The number of imidazole rings is 1. The third-order valence-electron chi connectivity index (χ3n) is 6.08. The first kappa shape index (κ1) is 20.7. The SMILES string of the molecule is CC(=O)N1CCCC1c1cc2[nH]c(-c3ccccn3)nc2cc1Oc1ccc(C#N)c(C)c1. The Hall–Kier alpha value is -4.18. The van der Waals surface area contributed by atoms with E-state index in [0.29, 0.717) is 22.9 Å². The fourth-order valence-electron chi connectivity index (χ4n) is 4.45. The number of nitrogens with one attached hydrogen (secondary N) is 1. The van der Waals surface area contributed by atoms with E-state index in [0.717, 1.165) is 47.2 Å². The van der Waals surface area contributed by atoms with E-state index in [-0.39, 0.29) is 11.9 Å². The number of nitrogens with zero attached hydrogens (tertiary/aromatic N) is 4. The summed E-state index contributed by atoms with van der Waals surface area (Å²) in [5.41, 5.74) is 4.78. The number of hydrogen-bond acceptors (Lipinski definition) is 5. The van der Waals surface area contributed by atoms with Crippen LogP contribution in [0.2, 0.25) is 0 Å². The zero-order chi connectivity index (χ0) is 22.9. The van der Waals surface area contributed by atoms with Crippen molar-refractivity contribution in [1.82, 2.24) is 19.9 Å². The second-order valence-corrected chi connectivity index (χ2v) is 8.27. The lowest BCUT2D eigenvalue weighted by Crippen LogP contribution is -2.28. The summed E-state index contributed by atoms with van der Waals surface area (Å²) in [4.78, 5) is 26.7. The molecule has 0 saturated carbocycles. The summed E-state index contributed by atoms with van der Waals surface area (Å²) in [6.45, 7) is 4.23. The van der Waals surface area contributed by atoms with E-state index in [1.807, 2.05) is 48.2 Å². The maximum atomic E-state index is 12.3. The second-order valence-electron chi connectivity index (χ2n) is 8.27. The average Bonchev–Trinajstić information content (AvgIpc) is 3.46. The summed E-state index contributed by atoms with van der Waals surface area (Å²) in [6, 6.07) is 17.2. The van der Waals surface area contributed by atoms with Gasteiger partial charge < -0.3 is 14.6 Å². The minimum atomic E-state index is -0.0667. The lowest BCUT2D eigenvalue weighted by molar-refractivity contribution is -0.129. The Balaban J connectivity index is 1.62. The highest BCUT2D eigenvalue weighted by Crippen LogP contribution is 2.41. The molecule has 1 amide bonds. The van der Waals surface area contributed by atoms with E-state index < -0.39 is 0 Å². The number of aromatic nitrogens is 3. The molecule has 0 radical (unpaired) electrons. The number of H-pyrrole nitrogens is 1. The monoisotopic (exact) mass is 437 g/mol. The molecule has 1 N–H and O–H groups in total. The highest BCUT2D eigenvalue weighted by Gasteiger charge is 2.31. The molecule has 1 atom stereocenters. The fraction of sp³-hybridized carbons (Fsp3) is 0.231. The lowest BCUT2D eigenvalue weighted by Gasteiger charge is -2.25. The van der Waals surface area contributed by atoms with Gasteiger partial charge in [0.2, 0.25) is 5.91 Å². The summed E-state index contributed by atoms with van der Waals surface area (Å²) in [6.07, 6.45) is 3.55. The molecule has 0 aliphatic carbocycles. The normalized spacial score (nSPS) is 15.5. The Kier molecular flexibility index (Phi) is 5.27. The third kappa shape index (κ3) is 3.92. The van der Waals surface area contributed by atoms with Crippen LogP contribution in [0.3, 0.4) is 0 Å². The van der Waals surface area contributed by atoms with Crippen molar-refractivity contribution >= 4 is 16.9 Å². The van der Waals surface area contributed by atoms with Gasteiger partial charge in [0.15, 0.2) is 5.82 Å². The number of benzene rings is 2. The van der Waals surface area contributed by atoms with Crippen LogP contribution in [0.15, 0.2) is 54.7 Å². The second kappa shape index (κ2) is 8.40. The summed E-state index contributed by atoms with van der Waals surface area (Å²) in [7, 11) is 0. The van der Waals surface area contributed by atoms with Crippen molar-refractivity contribution < 1.29 is 9.53 Å². The van der Waals surface area contributed by atoms with Gasteiger partial charge in [0, 0.05) is 31.3 Å². The Bertz CT molecular complexity index is 1390. The summed E-state index contributed by atoms with van der Waals surface area (Å²) < 4.78 is 6.34. The van der Waals surface area contributed by atoms with Crippen molar-refractivity contribution in [3.8, 4) is 29.1 Å². The van der Waals surface area contributed by atoms with Crippen molar-refractivity contribution in [2.75, 3.05) is 6.54 Å². The van der Waals surface area contributed by atoms with Crippen LogP contribution in [0.25, 0.3) is 22.6 Å². The van der Waals surface area contributed by atoms with Crippen molar-refractivity contribution in [3.63, 3.8) is 0 Å². The number of likely N-dealkylation sites (tertiary alicyclic amines) is 1. The van der Waals surface area contributed by atoms with Crippen LogP contribution < -0.4 is 4.74 Å². The molecule has 1 unspecified atom stereocenters. The van der Waals surface area contributed by atoms with Gasteiger partial charge in [-0.25, -0.2) is 4.98 Å². The van der Waals surface area contributed by atoms with E-state index in [4.69, 9.17) is 9.72 Å². The molecule has 164 valence electrons. The molecule has 0 spiro atoms. The largest absolute Gasteiger partial charge is 0.457 e. The summed E-state index contributed by atoms with van der Waals surface area (Å²) in [5.74, 6) is 2.03. The number of fused-ring (bicyclic) bond motifs is 1. The van der Waals surface area contributed by atoms with Crippen LogP contribution >= 0.6 is 0 Å². The standard InChI is InChI=1S/C26H23N5O2/c1-16-12-19(9-8-18(16)15-27)33-25-14-23-22(29-26(30-23)21-6-3-4-10-28-21)13-20(25)24-7-5-11-31(24)17(2)32/h3-4,6,8-10,12-14,24H,5,7,11H2,1-2H3,(H,29,30). The molecule has 1 fully saturated rings. The number of hydrogen-bond donors (Lipinski definition) is 1.